The number of ether oxygens (including phenoxy) is 1. The van der Waals surface area contributed by atoms with Crippen LogP contribution in [0, 0.1) is 5.41 Å². The van der Waals surface area contributed by atoms with Gasteiger partial charge in [-0.25, -0.2) is 8.78 Å². The number of benzene rings is 1. The molecule has 2 unspecified atom stereocenters. The molecule has 0 bridgehead atoms. The number of hydrogen-bond donors (Lipinski definition) is 1. The zero-order valence-corrected chi connectivity index (χ0v) is 13.6. The molecule has 22 heavy (non-hydrogen) atoms. The largest absolute Gasteiger partial charge is 0.482 e. The van der Waals surface area contributed by atoms with Crippen molar-refractivity contribution in [2.75, 3.05) is 0 Å². The van der Waals surface area contributed by atoms with Crippen LogP contribution in [0.5, 0.6) is 5.75 Å². The summed E-state index contributed by atoms with van der Waals surface area (Å²) in [6.07, 6.45) is -2.35. The van der Waals surface area contributed by atoms with Crippen LogP contribution in [-0.2, 0) is 17.6 Å². The molecular formula is C16H20ClF2NO2. The van der Waals surface area contributed by atoms with E-state index in [0.29, 0.717) is 23.6 Å². The molecule has 1 aliphatic rings. The van der Waals surface area contributed by atoms with E-state index in [1.165, 1.54) is 0 Å². The van der Waals surface area contributed by atoms with Crippen molar-refractivity contribution < 1.29 is 18.3 Å². The SMILES string of the molecule is CC(C)(C)C(Cc1ccc(Cl)c2c1CC(C(F)F)O2)NC=O. The van der Waals surface area contributed by atoms with Crippen molar-refractivity contribution in [3.8, 4) is 5.75 Å². The summed E-state index contributed by atoms with van der Waals surface area (Å²) in [4.78, 5) is 10.8. The lowest BCUT2D eigenvalue weighted by Crippen LogP contribution is -2.41. The van der Waals surface area contributed by atoms with E-state index in [4.69, 9.17) is 16.3 Å². The molecule has 0 fully saturated rings. The van der Waals surface area contributed by atoms with E-state index in [0.717, 1.165) is 11.1 Å². The molecule has 0 aromatic heterocycles. The molecule has 2 atom stereocenters. The number of rotatable bonds is 5. The molecule has 1 aliphatic heterocycles. The highest BCUT2D eigenvalue weighted by Gasteiger charge is 2.35. The maximum atomic E-state index is 12.9. The zero-order chi connectivity index (χ0) is 16.5. The maximum absolute atomic E-state index is 12.9. The third kappa shape index (κ3) is 3.51. The Hall–Kier alpha value is -1.36. The fourth-order valence-electron chi connectivity index (χ4n) is 2.63. The Labute approximate surface area is 134 Å². The van der Waals surface area contributed by atoms with Crippen LogP contribution in [-0.4, -0.2) is 25.0 Å². The third-order valence-electron chi connectivity index (χ3n) is 4.00. The van der Waals surface area contributed by atoms with Gasteiger partial charge in [0.25, 0.3) is 6.43 Å². The van der Waals surface area contributed by atoms with E-state index >= 15 is 0 Å². The second-order valence-corrected chi connectivity index (χ2v) is 7.02. The Bertz CT molecular complexity index is 558. The van der Waals surface area contributed by atoms with Gasteiger partial charge in [0.1, 0.15) is 5.75 Å². The predicted octanol–water partition coefficient (Wildman–Crippen LogP) is 3.61. The topological polar surface area (TPSA) is 38.3 Å². The number of nitrogens with one attached hydrogen (secondary N) is 1. The van der Waals surface area contributed by atoms with Gasteiger partial charge in [0.2, 0.25) is 6.41 Å². The first-order valence-electron chi connectivity index (χ1n) is 7.18. The highest BCUT2D eigenvalue weighted by molar-refractivity contribution is 6.32. The van der Waals surface area contributed by atoms with Crippen molar-refractivity contribution in [2.45, 2.75) is 52.2 Å². The minimum atomic E-state index is -2.55. The van der Waals surface area contributed by atoms with Crippen LogP contribution in [0.15, 0.2) is 12.1 Å². The van der Waals surface area contributed by atoms with Crippen LogP contribution in [0.25, 0.3) is 0 Å². The van der Waals surface area contributed by atoms with Crippen LogP contribution in [0.3, 0.4) is 0 Å². The number of fused-ring (bicyclic) bond motifs is 1. The smallest absolute Gasteiger partial charge is 0.275 e. The summed E-state index contributed by atoms with van der Waals surface area (Å²) in [5, 5.41) is 3.15. The first-order valence-corrected chi connectivity index (χ1v) is 7.56. The standard InChI is InChI=1S/C16H20ClF2NO2/c1-16(2,3)13(20-8-21)6-9-4-5-11(17)14-10(9)7-12(22-14)15(18)19/h4-5,8,12-13,15H,6-7H2,1-3H3,(H,20,21). The molecular weight excluding hydrogens is 312 g/mol. The monoisotopic (exact) mass is 331 g/mol. The van der Waals surface area contributed by atoms with Gasteiger partial charge < -0.3 is 10.1 Å². The number of halogens is 3. The zero-order valence-electron chi connectivity index (χ0n) is 12.8. The summed E-state index contributed by atoms with van der Waals surface area (Å²) in [6.45, 7) is 6.05. The number of carbonyl (C=O) groups is 1. The third-order valence-corrected chi connectivity index (χ3v) is 4.30. The lowest BCUT2D eigenvalue weighted by molar-refractivity contribution is -0.110. The second kappa shape index (κ2) is 6.41. The number of carbonyl (C=O) groups excluding carboxylic acids is 1. The molecule has 0 radical (unpaired) electrons. The summed E-state index contributed by atoms with van der Waals surface area (Å²) in [7, 11) is 0. The van der Waals surface area contributed by atoms with Gasteiger partial charge in [0, 0.05) is 18.0 Å². The van der Waals surface area contributed by atoms with E-state index in [-0.39, 0.29) is 17.9 Å². The summed E-state index contributed by atoms with van der Waals surface area (Å²) < 4.78 is 31.1. The van der Waals surface area contributed by atoms with E-state index in [2.05, 4.69) is 5.32 Å². The van der Waals surface area contributed by atoms with Gasteiger partial charge in [-0.3, -0.25) is 4.79 Å². The Kier molecular flexibility index (Phi) is 4.95. The summed E-state index contributed by atoms with van der Waals surface area (Å²) in [5.41, 5.74) is 1.45. The normalized spacial score (nSPS) is 18.8. The minimum absolute atomic E-state index is 0.110. The molecule has 1 N–H and O–H groups in total. The quantitative estimate of drug-likeness (QED) is 0.837. The van der Waals surface area contributed by atoms with Crippen molar-refractivity contribution in [2.24, 2.45) is 5.41 Å². The minimum Gasteiger partial charge on any atom is -0.482 e. The van der Waals surface area contributed by atoms with Crippen molar-refractivity contribution in [3.63, 3.8) is 0 Å². The second-order valence-electron chi connectivity index (χ2n) is 6.62. The van der Waals surface area contributed by atoms with Crippen molar-refractivity contribution in [1.29, 1.82) is 0 Å². The first-order chi connectivity index (χ1) is 10.2. The molecule has 3 nitrogen and oxygen atoms in total. The lowest BCUT2D eigenvalue weighted by Gasteiger charge is -2.30. The molecule has 1 heterocycles. The first kappa shape index (κ1) is 17.0. The average Bonchev–Trinajstić information content (AvgIpc) is 2.86. The van der Waals surface area contributed by atoms with Crippen molar-refractivity contribution >= 4 is 18.0 Å². The number of amides is 1. The molecule has 0 spiro atoms. The van der Waals surface area contributed by atoms with E-state index < -0.39 is 12.5 Å². The van der Waals surface area contributed by atoms with Crippen LogP contribution in [0.4, 0.5) is 8.78 Å². The fourth-order valence-corrected chi connectivity index (χ4v) is 2.86. The molecule has 0 aliphatic carbocycles. The Morgan fingerprint density at radius 3 is 2.68 bits per heavy atom. The van der Waals surface area contributed by atoms with E-state index in [1.807, 2.05) is 26.8 Å². The molecule has 1 aromatic carbocycles. The van der Waals surface area contributed by atoms with Gasteiger partial charge in [-0.1, -0.05) is 38.4 Å². The van der Waals surface area contributed by atoms with Gasteiger partial charge in [-0.2, -0.15) is 0 Å². The van der Waals surface area contributed by atoms with Crippen LogP contribution >= 0.6 is 11.6 Å². The van der Waals surface area contributed by atoms with E-state index in [1.54, 1.807) is 6.07 Å². The molecule has 0 saturated carbocycles. The number of hydrogen-bond acceptors (Lipinski definition) is 2. The summed E-state index contributed by atoms with van der Waals surface area (Å²) in [6, 6.07) is 3.37. The lowest BCUT2D eigenvalue weighted by atomic mass is 9.82. The predicted molar refractivity (Wildman–Crippen MR) is 81.7 cm³/mol. The Balaban J connectivity index is 2.31. The fraction of sp³-hybridized carbons (Fsp3) is 0.562. The van der Waals surface area contributed by atoms with Crippen LogP contribution < -0.4 is 10.1 Å². The average molecular weight is 332 g/mol. The molecule has 0 saturated heterocycles. The molecule has 122 valence electrons. The maximum Gasteiger partial charge on any atom is 0.275 e. The molecule has 1 amide bonds. The van der Waals surface area contributed by atoms with Gasteiger partial charge in [0.15, 0.2) is 6.10 Å². The van der Waals surface area contributed by atoms with Crippen molar-refractivity contribution in [1.82, 2.24) is 5.32 Å². The molecule has 2 rings (SSSR count). The van der Waals surface area contributed by atoms with Gasteiger partial charge in [-0.15, -0.1) is 0 Å². The highest BCUT2D eigenvalue weighted by atomic mass is 35.5. The molecule has 1 aromatic rings. The molecule has 6 heteroatoms. The van der Waals surface area contributed by atoms with Crippen molar-refractivity contribution in [3.05, 3.63) is 28.3 Å². The van der Waals surface area contributed by atoms with Gasteiger partial charge in [-0.05, 0) is 23.5 Å². The Morgan fingerprint density at radius 2 is 2.14 bits per heavy atom. The number of alkyl halides is 2. The summed E-state index contributed by atoms with van der Waals surface area (Å²) >= 11 is 6.06. The highest BCUT2D eigenvalue weighted by Crippen LogP contribution is 2.40. The van der Waals surface area contributed by atoms with Crippen LogP contribution in [0.1, 0.15) is 31.9 Å². The van der Waals surface area contributed by atoms with Gasteiger partial charge >= 0.3 is 0 Å². The van der Waals surface area contributed by atoms with Crippen LogP contribution in [0.2, 0.25) is 5.02 Å². The van der Waals surface area contributed by atoms with Gasteiger partial charge in [0.05, 0.1) is 5.02 Å². The Morgan fingerprint density at radius 1 is 1.45 bits per heavy atom. The summed E-state index contributed by atoms with van der Waals surface area (Å²) in [5.74, 6) is 0.350. The van der Waals surface area contributed by atoms with E-state index in [9.17, 15) is 13.6 Å².